The minimum Gasteiger partial charge on any atom is -0.480 e. The number of hydroxylamine groups is 2. The molecule has 5 nitrogen and oxygen atoms in total. The lowest BCUT2D eigenvalue weighted by Crippen LogP contribution is -2.41. The average Bonchev–Trinajstić information content (AvgIpc) is 2.76. The van der Waals surface area contributed by atoms with Crippen LogP contribution in [-0.2, 0) is 4.79 Å². The fraction of sp³-hybridized carbons (Fsp3) is 0.364. The average molecular weight is 220 g/mol. The first-order chi connectivity index (χ1) is 7.68. The molecule has 1 fully saturated rings. The number of aliphatic carboxylic acids is 1. The highest BCUT2D eigenvalue weighted by Gasteiger charge is 2.48. The van der Waals surface area contributed by atoms with Crippen molar-refractivity contribution in [3.05, 3.63) is 29.8 Å². The zero-order valence-corrected chi connectivity index (χ0v) is 8.50. The molecular formula is C11H12N2O3. The molecule has 16 heavy (non-hydrogen) atoms. The summed E-state index contributed by atoms with van der Waals surface area (Å²) in [6.07, 6.45) is 0.138. The van der Waals surface area contributed by atoms with Gasteiger partial charge in [0.05, 0.1) is 0 Å². The number of nitrogens with zero attached hydrogens (tertiary/aromatic N) is 1. The highest BCUT2D eigenvalue weighted by molar-refractivity contribution is 5.75. The molecule has 0 bridgehead atoms. The fourth-order valence-corrected chi connectivity index (χ4v) is 2.64. The Bertz CT molecular complexity index is 449. The zero-order chi connectivity index (χ0) is 11.3. The number of nitrogens with one attached hydrogen (secondary N) is 1. The number of para-hydroxylation sites is 1. The summed E-state index contributed by atoms with van der Waals surface area (Å²) in [6.45, 7) is 0. The van der Waals surface area contributed by atoms with E-state index in [0.717, 1.165) is 16.3 Å². The number of rotatable bonds is 1. The van der Waals surface area contributed by atoms with Crippen LogP contribution >= 0.6 is 0 Å². The molecule has 3 atom stereocenters. The van der Waals surface area contributed by atoms with Crippen molar-refractivity contribution >= 4 is 11.7 Å². The maximum absolute atomic E-state index is 10.9. The van der Waals surface area contributed by atoms with Crippen molar-refractivity contribution in [2.75, 3.05) is 5.32 Å². The third-order valence-corrected chi connectivity index (χ3v) is 3.41. The first kappa shape index (κ1) is 9.62. The van der Waals surface area contributed by atoms with E-state index in [9.17, 15) is 10.0 Å². The Morgan fingerprint density at radius 1 is 1.44 bits per heavy atom. The molecule has 0 aliphatic carbocycles. The van der Waals surface area contributed by atoms with E-state index in [2.05, 4.69) is 5.32 Å². The zero-order valence-electron chi connectivity index (χ0n) is 8.50. The van der Waals surface area contributed by atoms with Crippen molar-refractivity contribution in [3.8, 4) is 0 Å². The second-order valence-corrected chi connectivity index (χ2v) is 4.25. The van der Waals surface area contributed by atoms with E-state index in [-0.39, 0.29) is 12.1 Å². The predicted molar refractivity (Wildman–Crippen MR) is 56.3 cm³/mol. The number of benzene rings is 1. The van der Waals surface area contributed by atoms with Crippen molar-refractivity contribution in [2.24, 2.45) is 0 Å². The van der Waals surface area contributed by atoms with Crippen LogP contribution in [0.2, 0.25) is 0 Å². The minimum absolute atomic E-state index is 0.0577. The molecule has 84 valence electrons. The molecule has 0 saturated carbocycles. The topological polar surface area (TPSA) is 72.8 Å². The van der Waals surface area contributed by atoms with Gasteiger partial charge in [0.2, 0.25) is 0 Å². The van der Waals surface area contributed by atoms with Gasteiger partial charge in [0.15, 0.2) is 0 Å². The van der Waals surface area contributed by atoms with E-state index >= 15 is 0 Å². The minimum atomic E-state index is -0.976. The number of carboxylic acid groups (broad SMARTS) is 1. The molecule has 0 amide bonds. The smallest absolute Gasteiger partial charge is 0.323 e. The van der Waals surface area contributed by atoms with Crippen LogP contribution in [0.4, 0.5) is 5.69 Å². The van der Waals surface area contributed by atoms with Gasteiger partial charge in [-0.1, -0.05) is 18.2 Å². The van der Waals surface area contributed by atoms with E-state index < -0.39 is 12.0 Å². The highest BCUT2D eigenvalue weighted by Crippen LogP contribution is 2.44. The monoisotopic (exact) mass is 220 g/mol. The Morgan fingerprint density at radius 2 is 2.19 bits per heavy atom. The van der Waals surface area contributed by atoms with Gasteiger partial charge >= 0.3 is 5.97 Å². The quantitative estimate of drug-likeness (QED) is 0.660. The van der Waals surface area contributed by atoms with Crippen LogP contribution < -0.4 is 5.32 Å². The van der Waals surface area contributed by atoms with Crippen LogP contribution in [0.25, 0.3) is 0 Å². The van der Waals surface area contributed by atoms with E-state index in [1.54, 1.807) is 0 Å². The number of anilines is 1. The van der Waals surface area contributed by atoms with Gasteiger partial charge in [-0.3, -0.25) is 4.79 Å². The van der Waals surface area contributed by atoms with Crippen LogP contribution in [-0.4, -0.2) is 33.6 Å². The molecule has 5 heteroatoms. The van der Waals surface area contributed by atoms with Crippen LogP contribution in [0, 0.1) is 0 Å². The fourth-order valence-electron chi connectivity index (χ4n) is 2.64. The number of carbonyl (C=O) groups is 1. The SMILES string of the molecule is O=C(O)C1CC2c3ccccc3NC2N1O. The maximum Gasteiger partial charge on any atom is 0.323 e. The lowest BCUT2D eigenvalue weighted by molar-refractivity contribution is -0.167. The summed E-state index contributed by atoms with van der Waals surface area (Å²) in [7, 11) is 0. The Balaban J connectivity index is 1.96. The van der Waals surface area contributed by atoms with E-state index in [1.807, 2.05) is 24.3 Å². The Kier molecular flexibility index (Phi) is 1.92. The summed E-state index contributed by atoms with van der Waals surface area (Å²) < 4.78 is 0. The molecule has 1 aromatic rings. The molecule has 1 saturated heterocycles. The van der Waals surface area contributed by atoms with Crippen molar-refractivity contribution in [3.63, 3.8) is 0 Å². The standard InChI is InChI=1S/C11H12N2O3/c14-11(15)9-5-7-6-3-1-2-4-8(6)12-10(7)13(9)16/h1-4,7,9-10,12,16H,5H2,(H,14,15). The molecule has 0 spiro atoms. The molecule has 2 heterocycles. The highest BCUT2D eigenvalue weighted by atomic mass is 16.5. The Labute approximate surface area is 92.3 Å². The lowest BCUT2D eigenvalue weighted by atomic mass is 9.96. The number of carboxylic acids is 1. The van der Waals surface area contributed by atoms with Crippen LogP contribution in [0.5, 0.6) is 0 Å². The molecule has 3 N–H and O–H groups in total. The summed E-state index contributed by atoms with van der Waals surface area (Å²) in [5.41, 5.74) is 2.08. The van der Waals surface area contributed by atoms with Crippen molar-refractivity contribution in [2.45, 2.75) is 24.5 Å². The van der Waals surface area contributed by atoms with Crippen LogP contribution in [0.15, 0.2) is 24.3 Å². The van der Waals surface area contributed by atoms with Gasteiger partial charge < -0.3 is 15.6 Å². The largest absolute Gasteiger partial charge is 0.480 e. The number of hydrogen-bond donors (Lipinski definition) is 3. The predicted octanol–water partition coefficient (Wildman–Crippen LogP) is 1.07. The van der Waals surface area contributed by atoms with Gasteiger partial charge in [-0.25, -0.2) is 0 Å². The van der Waals surface area contributed by atoms with Gasteiger partial charge in [0, 0.05) is 11.6 Å². The number of hydrogen-bond acceptors (Lipinski definition) is 4. The molecule has 3 unspecified atom stereocenters. The second-order valence-electron chi connectivity index (χ2n) is 4.25. The summed E-state index contributed by atoms with van der Waals surface area (Å²) in [4.78, 5) is 10.9. The molecule has 3 rings (SSSR count). The van der Waals surface area contributed by atoms with Gasteiger partial charge in [-0.15, -0.1) is 0 Å². The summed E-state index contributed by atoms with van der Waals surface area (Å²) in [5, 5.41) is 22.8. The van der Waals surface area contributed by atoms with Crippen molar-refractivity contribution in [1.82, 2.24) is 5.06 Å². The third kappa shape index (κ3) is 1.15. The first-order valence-corrected chi connectivity index (χ1v) is 5.24. The summed E-state index contributed by atoms with van der Waals surface area (Å²) >= 11 is 0. The Morgan fingerprint density at radius 3 is 2.94 bits per heavy atom. The van der Waals surface area contributed by atoms with Crippen LogP contribution in [0.1, 0.15) is 17.9 Å². The van der Waals surface area contributed by atoms with Crippen molar-refractivity contribution < 1.29 is 15.1 Å². The van der Waals surface area contributed by atoms with Gasteiger partial charge in [-0.2, -0.15) is 5.06 Å². The molecule has 1 aromatic carbocycles. The lowest BCUT2D eigenvalue weighted by Gasteiger charge is -2.20. The van der Waals surface area contributed by atoms with E-state index in [1.165, 1.54) is 0 Å². The maximum atomic E-state index is 10.9. The van der Waals surface area contributed by atoms with Gasteiger partial charge in [0.25, 0.3) is 0 Å². The molecule has 0 aromatic heterocycles. The third-order valence-electron chi connectivity index (χ3n) is 3.41. The molecule has 2 aliphatic heterocycles. The van der Waals surface area contributed by atoms with E-state index in [0.29, 0.717) is 6.42 Å². The molecule has 2 aliphatic rings. The van der Waals surface area contributed by atoms with Gasteiger partial charge in [-0.05, 0) is 18.1 Å². The first-order valence-electron chi connectivity index (χ1n) is 5.24. The summed E-state index contributed by atoms with van der Waals surface area (Å²) in [6, 6.07) is 6.96. The molecular weight excluding hydrogens is 208 g/mol. The Hall–Kier alpha value is -1.59. The van der Waals surface area contributed by atoms with E-state index in [4.69, 9.17) is 5.11 Å². The van der Waals surface area contributed by atoms with Crippen LogP contribution in [0.3, 0.4) is 0 Å². The molecule has 0 radical (unpaired) electrons. The number of fused-ring (bicyclic) bond motifs is 3. The second kappa shape index (κ2) is 3.20. The summed E-state index contributed by atoms with van der Waals surface area (Å²) in [5.74, 6) is -0.918. The normalized spacial score (nSPS) is 31.9. The van der Waals surface area contributed by atoms with Gasteiger partial charge in [0.1, 0.15) is 12.2 Å². The van der Waals surface area contributed by atoms with Crippen molar-refractivity contribution in [1.29, 1.82) is 0 Å².